The number of aliphatic hydroxyl groups is 1. The molecule has 1 aliphatic heterocycles. The minimum atomic E-state index is -4.89. The van der Waals surface area contributed by atoms with Crippen molar-refractivity contribution >= 4 is 17.5 Å². The van der Waals surface area contributed by atoms with Crippen molar-refractivity contribution in [2.24, 2.45) is 0 Å². The molecule has 44 heavy (non-hydrogen) atoms. The molecule has 1 aliphatic rings. The van der Waals surface area contributed by atoms with Crippen molar-refractivity contribution < 1.29 is 35.8 Å². The van der Waals surface area contributed by atoms with Crippen molar-refractivity contribution in [3.63, 3.8) is 0 Å². The molecule has 0 aliphatic carbocycles. The summed E-state index contributed by atoms with van der Waals surface area (Å²) in [6.45, 7) is 1.89. The smallest absolute Gasteiger partial charge is 0.400 e. The van der Waals surface area contributed by atoms with Gasteiger partial charge in [-0.1, -0.05) is 54.6 Å². The average molecular weight is 637 g/mol. The molecule has 1 aromatic heterocycles. The molecule has 1 atom stereocenters. The third-order valence-electron chi connectivity index (χ3n) is 7.36. The fraction of sp³-hybridized carbons (Fsp3) is 0.250. The summed E-state index contributed by atoms with van der Waals surface area (Å²) < 4.78 is 102. The summed E-state index contributed by atoms with van der Waals surface area (Å²) in [6.07, 6.45) is -5.50. The highest BCUT2D eigenvalue weighted by Crippen LogP contribution is 2.43. The van der Waals surface area contributed by atoms with Crippen LogP contribution in [0.3, 0.4) is 0 Å². The molecule has 2 N–H and O–H groups in total. The number of hydrogen-bond acceptors (Lipinski definition) is 4. The molecule has 3 aromatic carbocycles. The number of benzene rings is 3. The fourth-order valence-electron chi connectivity index (χ4n) is 5.29. The number of halogens is 7. The van der Waals surface area contributed by atoms with Crippen molar-refractivity contribution in [2.45, 2.75) is 43.4 Å². The summed E-state index contributed by atoms with van der Waals surface area (Å²) in [6, 6.07) is 13.3. The van der Waals surface area contributed by atoms with Crippen molar-refractivity contribution in [3.8, 4) is 11.1 Å². The van der Waals surface area contributed by atoms with Gasteiger partial charge in [0.05, 0.1) is 33.5 Å². The molecule has 0 fully saturated rings. The van der Waals surface area contributed by atoms with Crippen LogP contribution in [0.15, 0.2) is 76.6 Å². The largest absolute Gasteiger partial charge is 0.416 e. The van der Waals surface area contributed by atoms with E-state index in [0.29, 0.717) is 12.5 Å². The number of nitrogens with zero attached hydrogens (tertiary/aromatic N) is 1. The predicted molar refractivity (Wildman–Crippen MR) is 156 cm³/mol. The summed E-state index contributed by atoms with van der Waals surface area (Å²) in [5, 5.41) is 16.0. The maximum absolute atomic E-state index is 15.6. The van der Waals surface area contributed by atoms with Crippen LogP contribution in [-0.4, -0.2) is 28.2 Å². The van der Waals surface area contributed by atoms with Gasteiger partial charge in [-0.3, -0.25) is 9.36 Å². The van der Waals surface area contributed by atoms with E-state index in [1.807, 2.05) is 0 Å². The number of rotatable bonds is 6. The maximum Gasteiger partial charge on any atom is 0.416 e. The number of nitrogens with one attached hydrogen (secondary N) is 1. The van der Waals surface area contributed by atoms with E-state index in [2.05, 4.69) is 0 Å². The van der Waals surface area contributed by atoms with Gasteiger partial charge >= 0.3 is 6.18 Å². The number of alkyl halides is 5. The lowest BCUT2D eigenvalue weighted by atomic mass is 9.91. The molecule has 2 heterocycles. The molecule has 0 amide bonds. The van der Waals surface area contributed by atoms with Gasteiger partial charge in [0.1, 0.15) is 11.6 Å². The Kier molecular flexibility index (Phi) is 9.46. The van der Waals surface area contributed by atoms with E-state index in [0.717, 1.165) is 49.2 Å². The lowest BCUT2D eigenvalue weighted by molar-refractivity contribution is -0.138. The third-order valence-corrected chi connectivity index (χ3v) is 8.56. The van der Waals surface area contributed by atoms with E-state index < -0.39 is 64.0 Å². The van der Waals surface area contributed by atoms with Crippen LogP contribution in [0, 0.1) is 24.0 Å². The SMILES string of the molecule is CO.Cc1c(Cc2c(F)cccc2C(F)(F)F)c2n(c(=O)c1-c1cccc(C(C)(F)F)c1F)C(C(=N)c1ccccc1)CS2. The molecular formula is C32H27F7N2O2S. The molecule has 0 spiro atoms. The molecule has 1 unspecified atom stereocenters. The summed E-state index contributed by atoms with van der Waals surface area (Å²) >= 11 is 1.11. The number of thioether (sulfide) groups is 1. The quantitative estimate of drug-likeness (QED) is 0.166. The number of aliphatic hydroxyl groups excluding tert-OH is 1. The Morgan fingerprint density at radius 1 is 0.932 bits per heavy atom. The van der Waals surface area contributed by atoms with E-state index in [9.17, 15) is 31.1 Å². The van der Waals surface area contributed by atoms with Gasteiger partial charge in [-0.25, -0.2) is 17.6 Å². The topological polar surface area (TPSA) is 66.1 Å². The minimum Gasteiger partial charge on any atom is -0.400 e. The number of pyridine rings is 1. The van der Waals surface area contributed by atoms with Crippen LogP contribution in [0.5, 0.6) is 0 Å². The third kappa shape index (κ3) is 6.05. The van der Waals surface area contributed by atoms with Crippen molar-refractivity contribution in [2.75, 3.05) is 12.9 Å². The first kappa shape index (κ1) is 33.0. The Hall–Kier alpha value is -3.90. The molecule has 0 bridgehead atoms. The second kappa shape index (κ2) is 12.6. The van der Waals surface area contributed by atoms with Crippen LogP contribution in [0.2, 0.25) is 0 Å². The Labute approximate surface area is 252 Å². The first-order chi connectivity index (χ1) is 20.7. The van der Waals surface area contributed by atoms with Gasteiger partial charge in [0.25, 0.3) is 11.5 Å². The highest BCUT2D eigenvalue weighted by atomic mass is 32.2. The van der Waals surface area contributed by atoms with Crippen LogP contribution in [0.1, 0.15) is 46.3 Å². The van der Waals surface area contributed by atoms with Gasteiger partial charge < -0.3 is 10.5 Å². The molecule has 5 rings (SSSR count). The van der Waals surface area contributed by atoms with Crippen LogP contribution in [0.4, 0.5) is 30.7 Å². The zero-order valence-corrected chi connectivity index (χ0v) is 24.5. The van der Waals surface area contributed by atoms with Crippen LogP contribution in [0.25, 0.3) is 11.1 Å². The predicted octanol–water partition coefficient (Wildman–Crippen LogP) is 8.15. The Morgan fingerprint density at radius 2 is 1.55 bits per heavy atom. The zero-order valence-electron chi connectivity index (χ0n) is 23.7. The standard InChI is InChI=1S/C31H23F7N2OS.CH4O/c1-16-19(14-20-21(31(36,37)38)11-7-13-23(20)32)29-40(24(15-42-29)27(39)17-8-4-3-5-9-17)28(41)25(16)18-10-6-12-22(26(18)33)30(2,34)35;1-2/h3-13,24,39H,14-15H2,1-2H3;2H,1H3. The number of fused-ring (bicyclic) bond motifs is 1. The maximum atomic E-state index is 15.6. The van der Waals surface area contributed by atoms with Crippen molar-refractivity contribution in [3.05, 3.63) is 122 Å². The second-order valence-electron chi connectivity index (χ2n) is 10.1. The van der Waals surface area contributed by atoms with E-state index in [4.69, 9.17) is 10.5 Å². The number of aromatic nitrogens is 1. The van der Waals surface area contributed by atoms with Gasteiger partial charge in [-0.05, 0) is 35.7 Å². The Morgan fingerprint density at radius 3 is 2.16 bits per heavy atom. The summed E-state index contributed by atoms with van der Waals surface area (Å²) in [5.74, 6) is -5.91. The van der Waals surface area contributed by atoms with E-state index in [-0.39, 0.29) is 33.2 Å². The summed E-state index contributed by atoms with van der Waals surface area (Å²) in [7, 11) is 1.00. The van der Waals surface area contributed by atoms with Crippen molar-refractivity contribution in [1.82, 2.24) is 4.57 Å². The van der Waals surface area contributed by atoms with Gasteiger partial charge in [0.15, 0.2) is 0 Å². The molecule has 0 saturated heterocycles. The first-order valence-corrected chi connectivity index (χ1v) is 14.2. The van der Waals surface area contributed by atoms with E-state index in [1.165, 1.54) is 17.6 Å². The molecule has 0 saturated carbocycles. The van der Waals surface area contributed by atoms with Crippen molar-refractivity contribution in [1.29, 1.82) is 5.41 Å². The van der Waals surface area contributed by atoms with Gasteiger partial charge in [0, 0.05) is 37.3 Å². The molecule has 12 heteroatoms. The monoisotopic (exact) mass is 636 g/mol. The van der Waals surface area contributed by atoms with Gasteiger partial charge in [0.2, 0.25) is 0 Å². The van der Waals surface area contributed by atoms with Gasteiger partial charge in [-0.15, -0.1) is 11.8 Å². The molecule has 4 aromatic rings. The zero-order chi connectivity index (χ0) is 32.6. The first-order valence-electron chi connectivity index (χ1n) is 13.2. The molecule has 4 nitrogen and oxygen atoms in total. The molecular weight excluding hydrogens is 609 g/mol. The summed E-state index contributed by atoms with van der Waals surface area (Å²) in [5.41, 5.74) is -3.75. The lowest BCUT2D eigenvalue weighted by Crippen LogP contribution is -2.32. The average Bonchev–Trinajstić information content (AvgIpc) is 3.42. The highest BCUT2D eigenvalue weighted by Gasteiger charge is 2.38. The number of hydrogen-bond donors (Lipinski definition) is 2. The van der Waals surface area contributed by atoms with Crippen LogP contribution < -0.4 is 5.56 Å². The summed E-state index contributed by atoms with van der Waals surface area (Å²) in [4.78, 5) is 14.1. The Bertz CT molecular complexity index is 1760. The van der Waals surface area contributed by atoms with E-state index >= 15 is 4.39 Å². The highest BCUT2D eigenvalue weighted by molar-refractivity contribution is 7.99. The second-order valence-corrected chi connectivity index (χ2v) is 11.1. The molecule has 0 radical (unpaired) electrons. The lowest BCUT2D eigenvalue weighted by Gasteiger charge is -2.23. The fourth-order valence-corrected chi connectivity index (χ4v) is 6.67. The van der Waals surface area contributed by atoms with Crippen LogP contribution in [-0.2, 0) is 18.5 Å². The van der Waals surface area contributed by atoms with Crippen LogP contribution >= 0.6 is 11.8 Å². The minimum absolute atomic E-state index is 0.0286. The van der Waals surface area contributed by atoms with E-state index in [1.54, 1.807) is 30.3 Å². The van der Waals surface area contributed by atoms with Gasteiger partial charge in [-0.2, -0.15) is 13.2 Å². The Balaban J connectivity index is 0.00000216. The molecule has 232 valence electrons. The normalized spacial score (nSPS) is 14.6.